The summed E-state index contributed by atoms with van der Waals surface area (Å²) in [4.78, 5) is 12.8. The first-order valence-corrected chi connectivity index (χ1v) is 8.11. The zero-order valence-corrected chi connectivity index (χ0v) is 14.1. The SMILES string of the molecule is Cc1oc(C(=O)N[C@H]2CCOc3ccccc32)c(C(C)C)c1C. The van der Waals surface area contributed by atoms with Crippen molar-refractivity contribution in [3.8, 4) is 5.75 Å². The van der Waals surface area contributed by atoms with E-state index in [2.05, 4.69) is 19.2 Å². The smallest absolute Gasteiger partial charge is 0.287 e. The number of carbonyl (C=O) groups is 1. The van der Waals surface area contributed by atoms with Gasteiger partial charge in [0.05, 0.1) is 12.6 Å². The molecule has 0 saturated carbocycles. The molecular weight excluding hydrogens is 290 g/mol. The van der Waals surface area contributed by atoms with Crippen LogP contribution in [-0.2, 0) is 0 Å². The van der Waals surface area contributed by atoms with Crippen LogP contribution in [-0.4, -0.2) is 12.5 Å². The van der Waals surface area contributed by atoms with Crippen molar-refractivity contribution in [2.24, 2.45) is 0 Å². The largest absolute Gasteiger partial charge is 0.493 e. The molecule has 1 aliphatic heterocycles. The van der Waals surface area contributed by atoms with Crippen molar-refractivity contribution in [1.82, 2.24) is 5.32 Å². The van der Waals surface area contributed by atoms with Crippen molar-refractivity contribution < 1.29 is 13.9 Å². The van der Waals surface area contributed by atoms with Gasteiger partial charge in [-0.1, -0.05) is 32.0 Å². The summed E-state index contributed by atoms with van der Waals surface area (Å²) in [5, 5.41) is 3.11. The van der Waals surface area contributed by atoms with Crippen molar-refractivity contribution in [2.75, 3.05) is 6.61 Å². The highest BCUT2D eigenvalue weighted by Gasteiger charge is 2.27. The van der Waals surface area contributed by atoms with Crippen molar-refractivity contribution in [2.45, 2.75) is 46.1 Å². The molecule has 0 bridgehead atoms. The van der Waals surface area contributed by atoms with E-state index in [1.165, 1.54) is 0 Å². The molecule has 1 aromatic carbocycles. The lowest BCUT2D eigenvalue weighted by Crippen LogP contribution is -2.32. The van der Waals surface area contributed by atoms with E-state index in [1.807, 2.05) is 38.1 Å². The van der Waals surface area contributed by atoms with E-state index >= 15 is 0 Å². The van der Waals surface area contributed by atoms with E-state index in [1.54, 1.807) is 0 Å². The van der Waals surface area contributed by atoms with Crippen LogP contribution in [0.3, 0.4) is 0 Å². The zero-order chi connectivity index (χ0) is 16.6. The molecule has 23 heavy (non-hydrogen) atoms. The van der Waals surface area contributed by atoms with Crippen LogP contribution in [0.25, 0.3) is 0 Å². The van der Waals surface area contributed by atoms with Crippen LogP contribution in [0.15, 0.2) is 28.7 Å². The Bertz CT molecular complexity index is 730. The van der Waals surface area contributed by atoms with E-state index in [4.69, 9.17) is 9.15 Å². The van der Waals surface area contributed by atoms with Crippen molar-refractivity contribution >= 4 is 5.91 Å². The number of amides is 1. The van der Waals surface area contributed by atoms with Crippen LogP contribution >= 0.6 is 0 Å². The van der Waals surface area contributed by atoms with Crippen LogP contribution < -0.4 is 10.1 Å². The molecule has 1 N–H and O–H groups in total. The molecule has 0 saturated heterocycles. The molecule has 1 amide bonds. The summed E-state index contributed by atoms with van der Waals surface area (Å²) in [6.45, 7) is 8.68. The minimum Gasteiger partial charge on any atom is -0.493 e. The van der Waals surface area contributed by atoms with Crippen molar-refractivity contribution in [3.05, 3.63) is 52.5 Å². The van der Waals surface area contributed by atoms with Gasteiger partial charge in [0.2, 0.25) is 0 Å². The summed E-state index contributed by atoms with van der Waals surface area (Å²) >= 11 is 0. The third kappa shape index (κ3) is 2.85. The van der Waals surface area contributed by atoms with Gasteiger partial charge >= 0.3 is 0 Å². The Morgan fingerprint density at radius 3 is 2.74 bits per heavy atom. The van der Waals surface area contributed by atoms with E-state index in [0.29, 0.717) is 12.4 Å². The Morgan fingerprint density at radius 2 is 2.00 bits per heavy atom. The van der Waals surface area contributed by atoms with Crippen molar-refractivity contribution in [1.29, 1.82) is 0 Å². The third-order valence-corrected chi connectivity index (χ3v) is 4.48. The number of fused-ring (bicyclic) bond motifs is 1. The van der Waals surface area contributed by atoms with E-state index < -0.39 is 0 Å². The van der Waals surface area contributed by atoms with Gasteiger partial charge in [-0.2, -0.15) is 0 Å². The second-order valence-electron chi connectivity index (χ2n) is 6.38. The van der Waals surface area contributed by atoms with Crippen molar-refractivity contribution in [3.63, 3.8) is 0 Å². The lowest BCUT2D eigenvalue weighted by molar-refractivity contribution is 0.0893. The molecule has 0 fully saturated rings. The van der Waals surface area contributed by atoms with Gasteiger partial charge in [0, 0.05) is 17.5 Å². The Kier molecular flexibility index (Phi) is 4.16. The Morgan fingerprint density at radius 1 is 1.26 bits per heavy atom. The van der Waals surface area contributed by atoms with Crippen LogP contribution in [0, 0.1) is 13.8 Å². The second kappa shape index (κ2) is 6.11. The summed E-state index contributed by atoms with van der Waals surface area (Å²) in [5.74, 6) is 2.20. The van der Waals surface area contributed by atoms with Gasteiger partial charge in [-0.3, -0.25) is 4.79 Å². The molecule has 3 rings (SSSR count). The summed E-state index contributed by atoms with van der Waals surface area (Å²) in [7, 11) is 0. The summed E-state index contributed by atoms with van der Waals surface area (Å²) in [6, 6.07) is 7.81. The standard InChI is InChI=1S/C19H23NO3/c1-11(2)17-12(3)13(4)23-18(17)19(21)20-15-9-10-22-16-8-6-5-7-14(15)16/h5-8,11,15H,9-10H2,1-4H3,(H,20,21)/t15-/m0/s1. The number of para-hydroxylation sites is 1. The number of hydrogen-bond acceptors (Lipinski definition) is 3. The molecule has 1 aromatic heterocycles. The minimum absolute atomic E-state index is 0.0434. The normalized spacial score (nSPS) is 16.8. The van der Waals surface area contributed by atoms with Crippen LogP contribution in [0.1, 0.15) is 65.2 Å². The molecule has 4 nitrogen and oxygen atoms in total. The zero-order valence-electron chi connectivity index (χ0n) is 14.1. The maximum absolute atomic E-state index is 12.8. The van der Waals surface area contributed by atoms with Gasteiger partial charge in [-0.25, -0.2) is 0 Å². The first kappa shape index (κ1) is 15.7. The third-order valence-electron chi connectivity index (χ3n) is 4.48. The predicted molar refractivity (Wildman–Crippen MR) is 89.0 cm³/mol. The van der Waals surface area contributed by atoms with Gasteiger partial charge in [0.1, 0.15) is 11.5 Å². The number of furan rings is 1. The average Bonchev–Trinajstić information content (AvgIpc) is 2.83. The molecule has 122 valence electrons. The van der Waals surface area contributed by atoms with E-state index in [0.717, 1.165) is 34.6 Å². The fraction of sp³-hybridized carbons (Fsp3) is 0.421. The fourth-order valence-electron chi connectivity index (χ4n) is 3.22. The summed E-state index contributed by atoms with van der Waals surface area (Å²) < 4.78 is 11.4. The predicted octanol–water partition coefficient (Wildman–Crippen LogP) is 4.27. The Hall–Kier alpha value is -2.23. The number of hydrogen-bond donors (Lipinski definition) is 1. The van der Waals surface area contributed by atoms with Crippen LogP contribution in [0.5, 0.6) is 5.75 Å². The quantitative estimate of drug-likeness (QED) is 0.920. The molecule has 0 spiro atoms. The molecule has 2 aromatic rings. The summed E-state index contributed by atoms with van der Waals surface area (Å²) in [5.41, 5.74) is 3.09. The molecule has 1 atom stereocenters. The Balaban J connectivity index is 1.88. The first-order valence-electron chi connectivity index (χ1n) is 8.11. The number of carbonyl (C=O) groups excluding carboxylic acids is 1. The molecule has 0 radical (unpaired) electrons. The summed E-state index contributed by atoms with van der Waals surface area (Å²) in [6.07, 6.45) is 0.762. The number of aryl methyl sites for hydroxylation is 1. The van der Waals surface area contributed by atoms with Crippen LogP contribution in [0.4, 0.5) is 0 Å². The lowest BCUT2D eigenvalue weighted by Gasteiger charge is -2.26. The molecule has 1 aliphatic rings. The molecule has 0 unspecified atom stereocenters. The highest BCUT2D eigenvalue weighted by molar-refractivity contribution is 5.94. The van der Waals surface area contributed by atoms with Gasteiger partial charge in [-0.05, 0) is 31.4 Å². The van der Waals surface area contributed by atoms with Gasteiger partial charge in [-0.15, -0.1) is 0 Å². The first-order chi connectivity index (χ1) is 11.0. The van der Waals surface area contributed by atoms with Crippen LogP contribution in [0.2, 0.25) is 0 Å². The highest BCUT2D eigenvalue weighted by atomic mass is 16.5. The molecule has 0 aliphatic carbocycles. The van der Waals surface area contributed by atoms with Gasteiger partial charge < -0.3 is 14.5 Å². The van der Waals surface area contributed by atoms with Gasteiger partial charge in [0.25, 0.3) is 5.91 Å². The highest BCUT2D eigenvalue weighted by Crippen LogP contribution is 2.33. The maximum atomic E-state index is 12.8. The topological polar surface area (TPSA) is 51.5 Å². The number of ether oxygens (including phenoxy) is 1. The monoisotopic (exact) mass is 313 g/mol. The van der Waals surface area contributed by atoms with Gasteiger partial charge in [0.15, 0.2) is 5.76 Å². The number of benzene rings is 1. The van der Waals surface area contributed by atoms with E-state index in [9.17, 15) is 4.79 Å². The minimum atomic E-state index is -0.147. The lowest BCUT2D eigenvalue weighted by atomic mass is 9.97. The van der Waals surface area contributed by atoms with E-state index in [-0.39, 0.29) is 17.9 Å². The Labute approximate surface area is 136 Å². The molecular formula is C19H23NO3. The maximum Gasteiger partial charge on any atom is 0.287 e. The fourth-order valence-corrected chi connectivity index (χ4v) is 3.22. The number of rotatable bonds is 3. The molecule has 4 heteroatoms. The average molecular weight is 313 g/mol. The number of nitrogens with one attached hydrogen (secondary N) is 1. The molecule has 2 heterocycles. The second-order valence-corrected chi connectivity index (χ2v) is 6.38.